The Hall–Kier alpha value is -6.09. The van der Waals surface area contributed by atoms with Crippen LogP contribution in [0.4, 0.5) is 17.5 Å². The summed E-state index contributed by atoms with van der Waals surface area (Å²) in [5.74, 6) is -3.04. The first-order chi connectivity index (χ1) is 15.7. The molecule has 0 atom stereocenters. The third kappa shape index (κ3) is 2.86. The van der Waals surface area contributed by atoms with Gasteiger partial charge in [-0.1, -0.05) is 0 Å². The van der Waals surface area contributed by atoms with Gasteiger partial charge in [-0.15, -0.1) is 0 Å². The van der Waals surface area contributed by atoms with Crippen molar-refractivity contribution in [3.63, 3.8) is 0 Å². The van der Waals surface area contributed by atoms with Gasteiger partial charge in [0.25, 0.3) is 0 Å². The number of aromatic nitrogens is 6. The van der Waals surface area contributed by atoms with Crippen LogP contribution < -0.4 is 0 Å². The summed E-state index contributed by atoms with van der Waals surface area (Å²) in [6.07, 6.45) is 0. The van der Waals surface area contributed by atoms with Crippen LogP contribution in [0.3, 0.4) is 0 Å². The third-order valence-electron chi connectivity index (χ3n) is 4.14. The van der Waals surface area contributed by atoms with Crippen molar-refractivity contribution >= 4 is 50.6 Å². The van der Waals surface area contributed by atoms with Gasteiger partial charge in [0.15, 0.2) is 16.6 Å². The first-order valence-corrected chi connectivity index (χ1v) is 8.12. The molecule has 0 fully saturated rings. The maximum Gasteiger partial charge on any atom is 0.401 e. The molecule has 0 bridgehead atoms. The van der Waals surface area contributed by atoms with Crippen molar-refractivity contribution in [1.29, 1.82) is 15.8 Å². The van der Waals surface area contributed by atoms with Crippen LogP contribution in [-0.2, 0) is 0 Å². The van der Waals surface area contributed by atoms with E-state index in [1.807, 2.05) is 0 Å². The van der Waals surface area contributed by atoms with Gasteiger partial charge in [0.2, 0.25) is 33.6 Å². The molecule has 0 aliphatic rings. The number of fused-ring (bicyclic) bond motifs is 6. The van der Waals surface area contributed by atoms with E-state index in [1.54, 1.807) is 0 Å². The molecule has 18 nitrogen and oxygen atoms in total. The molecule has 156 valence electrons. The van der Waals surface area contributed by atoms with Gasteiger partial charge >= 0.3 is 17.5 Å². The molecule has 0 amide bonds. The van der Waals surface area contributed by atoms with E-state index < -0.39 is 82.4 Å². The van der Waals surface area contributed by atoms with Crippen molar-refractivity contribution < 1.29 is 14.8 Å². The van der Waals surface area contributed by atoms with E-state index in [0.717, 1.165) is 0 Å². The van der Waals surface area contributed by atoms with E-state index in [4.69, 9.17) is 0 Å². The summed E-state index contributed by atoms with van der Waals surface area (Å²) in [7, 11) is 0. The summed E-state index contributed by atoms with van der Waals surface area (Å²) in [5, 5.41) is 61.7. The van der Waals surface area contributed by atoms with Gasteiger partial charge < -0.3 is 30.3 Å². The van der Waals surface area contributed by atoms with Crippen molar-refractivity contribution in [2.24, 2.45) is 0 Å². The Morgan fingerprint density at radius 2 is 0.697 bits per heavy atom. The number of nitro groups is 3. The van der Waals surface area contributed by atoms with Gasteiger partial charge in [-0.25, -0.2) is 15.0 Å². The Kier molecular flexibility index (Phi) is 4.29. The quantitative estimate of drug-likeness (QED) is 0.240. The fourth-order valence-corrected chi connectivity index (χ4v) is 2.88. The second-order valence-corrected chi connectivity index (χ2v) is 5.89. The largest absolute Gasteiger partial charge is 0.401 e. The zero-order valence-electron chi connectivity index (χ0n) is 15.3. The average Bonchev–Trinajstić information content (AvgIpc) is 2.81. The van der Waals surface area contributed by atoms with E-state index in [1.165, 1.54) is 18.2 Å². The summed E-state index contributed by atoms with van der Waals surface area (Å²) in [6.45, 7) is 0. The number of rotatable bonds is 3. The molecule has 3 aromatic heterocycles. The SMILES string of the molecule is N#Cc1nc2c(nc1[N+](=O)[O-])c1nc(C#N)c([N+](=O)[O-])nc1c1nc(C#N)c([N+](=O)[O-])nc21. The molecule has 4 aromatic rings. The number of hydrogen-bond acceptors (Lipinski definition) is 15. The fourth-order valence-electron chi connectivity index (χ4n) is 2.88. The number of benzene rings is 1. The van der Waals surface area contributed by atoms with Crippen molar-refractivity contribution in [3.05, 3.63) is 47.4 Å². The molecule has 1 aromatic carbocycles. The smallest absolute Gasteiger partial charge is 0.358 e. The van der Waals surface area contributed by atoms with Gasteiger partial charge in [-0.05, 0) is 29.7 Å². The summed E-state index contributed by atoms with van der Waals surface area (Å²) in [5.41, 5.74) is -5.04. The predicted molar refractivity (Wildman–Crippen MR) is 99.8 cm³/mol. The number of nitriles is 3. The Balaban J connectivity index is 2.41. The molecular weight excluding hydrogens is 444 g/mol. The molecule has 0 spiro atoms. The number of nitrogens with zero attached hydrogens (tertiary/aromatic N) is 12. The zero-order chi connectivity index (χ0) is 24.0. The van der Waals surface area contributed by atoms with Crippen LogP contribution in [0.5, 0.6) is 0 Å². The molecule has 0 unspecified atom stereocenters. The Morgan fingerprint density at radius 3 is 0.879 bits per heavy atom. The Labute approximate surface area is 177 Å². The summed E-state index contributed by atoms with van der Waals surface area (Å²) < 4.78 is 0. The maximum absolute atomic E-state index is 11.3. The van der Waals surface area contributed by atoms with Crippen molar-refractivity contribution in [1.82, 2.24) is 29.9 Å². The Morgan fingerprint density at radius 1 is 0.485 bits per heavy atom. The van der Waals surface area contributed by atoms with Crippen LogP contribution in [0.1, 0.15) is 17.1 Å². The van der Waals surface area contributed by atoms with E-state index in [2.05, 4.69) is 29.9 Å². The van der Waals surface area contributed by atoms with Gasteiger partial charge in [0, 0.05) is 0 Å². The first-order valence-electron chi connectivity index (χ1n) is 8.12. The zero-order valence-corrected chi connectivity index (χ0v) is 15.3. The van der Waals surface area contributed by atoms with Crippen LogP contribution in [0.25, 0.3) is 33.1 Å². The summed E-state index contributed by atoms with van der Waals surface area (Å²) in [6, 6.07) is 4.38. The average molecular weight is 444 g/mol. The Bertz CT molecular complexity index is 1510. The van der Waals surface area contributed by atoms with E-state index in [-0.39, 0.29) is 0 Å². The number of hydrogen-bond donors (Lipinski definition) is 0. The normalized spacial score (nSPS) is 10.5. The van der Waals surface area contributed by atoms with Crippen LogP contribution in [0.15, 0.2) is 0 Å². The van der Waals surface area contributed by atoms with Crippen LogP contribution >= 0.6 is 0 Å². The van der Waals surface area contributed by atoms with Crippen LogP contribution in [0, 0.1) is 64.3 Å². The molecule has 4 rings (SSSR count). The molecule has 0 saturated carbocycles. The second kappa shape index (κ2) is 7.00. The highest BCUT2D eigenvalue weighted by atomic mass is 16.6. The molecule has 33 heavy (non-hydrogen) atoms. The molecule has 0 radical (unpaired) electrons. The van der Waals surface area contributed by atoms with E-state index >= 15 is 0 Å². The van der Waals surface area contributed by atoms with Crippen molar-refractivity contribution in [3.8, 4) is 18.2 Å². The predicted octanol–water partition coefficient (Wildman–Crippen LogP) is 0.856. The van der Waals surface area contributed by atoms with Crippen LogP contribution in [-0.4, -0.2) is 44.7 Å². The van der Waals surface area contributed by atoms with Gasteiger partial charge in [0.1, 0.15) is 18.2 Å². The van der Waals surface area contributed by atoms with Gasteiger partial charge in [0.05, 0.1) is 0 Å². The highest BCUT2D eigenvalue weighted by Crippen LogP contribution is 2.34. The fraction of sp³-hybridized carbons (Fsp3) is 0. The lowest BCUT2D eigenvalue weighted by Crippen LogP contribution is -2.07. The molecule has 0 aliphatic heterocycles. The molecule has 0 N–H and O–H groups in total. The van der Waals surface area contributed by atoms with Gasteiger partial charge in [-0.3, -0.25) is 0 Å². The lowest BCUT2D eigenvalue weighted by Gasteiger charge is -2.03. The summed E-state index contributed by atoms with van der Waals surface area (Å²) >= 11 is 0. The molecule has 18 heteroatoms. The monoisotopic (exact) mass is 444 g/mol. The highest BCUT2D eigenvalue weighted by molar-refractivity contribution is 6.18. The molecular formula is C15N12O6. The molecule has 0 saturated heterocycles. The topological polar surface area (TPSA) is 278 Å². The molecule has 0 aliphatic carbocycles. The van der Waals surface area contributed by atoms with E-state index in [9.17, 15) is 46.1 Å². The van der Waals surface area contributed by atoms with Crippen molar-refractivity contribution in [2.75, 3.05) is 0 Å². The minimum atomic E-state index is -1.03. The summed E-state index contributed by atoms with van der Waals surface area (Å²) in [4.78, 5) is 53.5. The second-order valence-electron chi connectivity index (χ2n) is 5.89. The van der Waals surface area contributed by atoms with E-state index in [0.29, 0.717) is 0 Å². The minimum Gasteiger partial charge on any atom is -0.358 e. The molecule has 3 heterocycles. The van der Waals surface area contributed by atoms with Gasteiger partial charge in [-0.2, -0.15) is 15.8 Å². The lowest BCUT2D eigenvalue weighted by atomic mass is 10.1. The van der Waals surface area contributed by atoms with Crippen molar-refractivity contribution in [2.45, 2.75) is 0 Å². The minimum absolute atomic E-state index is 0.424. The first kappa shape index (κ1) is 20.2. The maximum atomic E-state index is 11.3. The highest BCUT2D eigenvalue weighted by Gasteiger charge is 2.34. The van der Waals surface area contributed by atoms with Crippen LogP contribution in [0.2, 0.25) is 0 Å². The third-order valence-corrected chi connectivity index (χ3v) is 4.14. The lowest BCUT2D eigenvalue weighted by molar-refractivity contribution is -0.389. The standard InChI is InChI=1S/C15N12O6/c16-1-4-13(25(28)29)22-10-7(19-4)11-9(21-5(2-17)14(23-11)26(30)31)12-8(10)20-6(3-18)15(24-12)27(32)33.